The van der Waals surface area contributed by atoms with Crippen LogP contribution >= 0.6 is 11.8 Å². The summed E-state index contributed by atoms with van der Waals surface area (Å²) in [6.45, 7) is 1.89. The largest absolute Gasteiger partial charge is 0.457 e. The van der Waals surface area contributed by atoms with E-state index in [4.69, 9.17) is 4.74 Å². The molecule has 0 spiro atoms. The standard InChI is InChI=1S/C16H16O2S/c1-13(14-8-4-2-5-9-14)18-16(17)12-19-15-10-6-3-7-11-15/h2-11,13H,12H2,1H3/t13-/m0/s1. The van der Waals surface area contributed by atoms with Gasteiger partial charge in [-0.25, -0.2) is 0 Å². The summed E-state index contributed by atoms with van der Waals surface area (Å²) in [5.41, 5.74) is 1.01. The molecule has 1 atom stereocenters. The zero-order valence-corrected chi connectivity index (χ0v) is 11.6. The maximum atomic E-state index is 11.8. The molecule has 0 bridgehead atoms. The molecule has 19 heavy (non-hydrogen) atoms. The smallest absolute Gasteiger partial charge is 0.316 e. The van der Waals surface area contributed by atoms with Gasteiger partial charge in [0.15, 0.2) is 0 Å². The van der Waals surface area contributed by atoms with Crippen molar-refractivity contribution in [3.63, 3.8) is 0 Å². The molecule has 0 N–H and O–H groups in total. The van der Waals surface area contributed by atoms with Crippen molar-refractivity contribution in [2.24, 2.45) is 0 Å². The van der Waals surface area contributed by atoms with E-state index in [1.54, 1.807) is 0 Å². The van der Waals surface area contributed by atoms with Gasteiger partial charge in [-0.1, -0.05) is 48.5 Å². The second kappa shape index (κ2) is 7.00. The first kappa shape index (κ1) is 13.7. The van der Waals surface area contributed by atoms with Crippen molar-refractivity contribution >= 4 is 17.7 Å². The van der Waals surface area contributed by atoms with Gasteiger partial charge in [0.05, 0.1) is 5.75 Å². The SMILES string of the molecule is C[C@H](OC(=O)CSc1ccccc1)c1ccccc1. The molecule has 0 aromatic heterocycles. The highest BCUT2D eigenvalue weighted by molar-refractivity contribution is 8.00. The Hall–Kier alpha value is -1.74. The van der Waals surface area contributed by atoms with Crippen LogP contribution in [0.5, 0.6) is 0 Å². The normalized spacial score (nSPS) is 11.8. The predicted octanol–water partition coefficient (Wildman–Crippen LogP) is 4.08. The summed E-state index contributed by atoms with van der Waals surface area (Å²) in [5, 5.41) is 0. The number of carbonyl (C=O) groups excluding carboxylic acids is 1. The Balaban J connectivity index is 1.82. The van der Waals surface area contributed by atoms with Gasteiger partial charge in [0.2, 0.25) is 0 Å². The Labute approximate surface area is 117 Å². The van der Waals surface area contributed by atoms with Crippen LogP contribution in [0.3, 0.4) is 0 Å². The molecule has 2 aromatic rings. The van der Waals surface area contributed by atoms with Crippen molar-refractivity contribution in [2.45, 2.75) is 17.9 Å². The number of hydrogen-bond donors (Lipinski definition) is 0. The number of carbonyl (C=O) groups is 1. The van der Waals surface area contributed by atoms with Gasteiger partial charge >= 0.3 is 5.97 Å². The zero-order valence-electron chi connectivity index (χ0n) is 10.8. The third kappa shape index (κ3) is 4.45. The van der Waals surface area contributed by atoms with Crippen molar-refractivity contribution in [1.29, 1.82) is 0 Å². The molecule has 0 radical (unpaired) electrons. The first-order valence-electron chi connectivity index (χ1n) is 6.18. The highest BCUT2D eigenvalue weighted by atomic mass is 32.2. The van der Waals surface area contributed by atoms with E-state index in [1.807, 2.05) is 67.6 Å². The second-order valence-electron chi connectivity index (χ2n) is 4.14. The third-order valence-electron chi connectivity index (χ3n) is 2.68. The Morgan fingerprint density at radius 2 is 1.63 bits per heavy atom. The summed E-state index contributed by atoms with van der Waals surface area (Å²) >= 11 is 1.49. The lowest BCUT2D eigenvalue weighted by molar-refractivity contribution is -0.145. The Bertz CT molecular complexity index is 511. The number of hydrogen-bond acceptors (Lipinski definition) is 3. The fourth-order valence-corrected chi connectivity index (χ4v) is 2.38. The van der Waals surface area contributed by atoms with E-state index in [-0.39, 0.29) is 12.1 Å². The van der Waals surface area contributed by atoms with Crippen LogP contribution in [0.4, 0.5) is 0 Å². The maximum absolute atomic E-state index is 11.8. The molecular formula is C16H16O2S. The Kier molecular flexibility index (Phi) is 5.04. The summed E-state index contributed by atoms with van der Waals surface area (Å²) in [7, 11) is 0. The van der Waals surface area contributed by atoms with Crippen LogP contribution < -0.4 is 0 Å². The molecule has 0 fully saturated rings. The van der Waals surface area contributed by atoms with Crippen LogP contribution in [0, 0.1) is 0 Å². The molecule has 2 rings (SSSR count). The molecule has 98 valence electrons. The van der Waals surface area contributed by atoms with Crippen LogP contribution in [-0.2, 0) is 9.53 Å². The Morgan fingerprint density at radius 3 is 2.26 bits per heavy atom. The number of rotatable bonds is 5. The molecule has 0 aliphatic rings. The molecule has 0 aliphatic heterocycles. The monoisotopic (exact) mass is 272 g/mol. The van der Waals surface area contributed by atoms with Gasteiger partial charge in [-0.2, -0.15) is 0 Å². The minimum Gasteiger partial charge on any atom is -0.457 e. The summed E-state index contributed by atoms with van der Waals surface area (Å²) < 4.78 is 5.40. The highest BCUT2D eigenvalue weighted by Crippen LogP contribution is 2.20. The van der Waals surface area contributed by atoms with E-state index in [1.165, 1.54) is 11.8 Å². The lowest BCUT2D eigenvalue weighted by Gasteiger charge is -2.13. The van der Waals surface area contributed by atoms with Gasteiger partial charge < -0.3 is 4.74 Å². The molecule has 3 heteroatoms. The number of ether oxygens (including phenoxy) is 1. The number of benzene rings is 2. The Morgan fingerprint density at radius 1 is 1.05 bits per heavy atom. The van der Waals surface area contributed by atoms with Crippen molar-refractivity contribution < 1.29 is 9.53 Å². The second-order valence-corrected chi connectivity index (χ2v) is 5.19. The maximum Gasteiger partial charge on any atom is 0.316 e. The van der Waals surface area contributed by atoms with E-state index >= 15 is 0 Å². The highest BCUT2D eigenvalue weighted by Gasteiger charge is 2.11. The van der Waals surface area contributed by atoms with Gasteiger partial charge in [-0.15, -0.1) is 11.8 Å². The van der Waals surface area contributed by atoms with Crippen LogP contribution in [0.25, 0.3) is 0 Å². The van der Waals surface area contributed by atoms with E-state index in [2.05, 4.69) is 0 Å². The fraction of sp³-hybridized carbons (Fsp3) is 0.188. The molecular weight excluding hydrogens is 256 g/mol. The van der Waals surface area contributed by atoms with Crippen LogP contribution in [0.15, 0.2) is 65.6 Å². The van der Waals surface area contributed by atoms with Crippen molar-refractivity contribution in [1.82, 2.24) is 0 Å². The summed E-state index contributed by atoms with van der Waals surface area (Å²) in [5.74, 6) is 0.145. The van der Waals surface area contributed by atoms with Gasteiger partial charge in [0.25, 0.3) is 0 Å². The van der Waals surface area contributed by atoms with Gasteiger partial charge in [0.1, 0.15) is 6.10 Å². The summed E-state index contributed by atoms with van der Waals surface area (Å²) in [6, 6.07) is 19.6. The molecule has 0 saturated heterocycles. The molecule has 2 aromatic carbocycles. The zero-order chi connectivity index (χ0) is 13.5. The number of thioether (sulfide) groups is 1. The van der Waals surface area contributed by atoms with Crippen LogP contribution in [0.1, 0.15) is 18.6 Å². The summed E-state index contributed by atoms with van der Waals surface area (Å²) in [4.78, 5) is 12.8. The quantitative estimate of drug-likeness (QED) is 0.606. The third-order valence-corrected chi connectivity index (χ3v) is 3.66. The van der Waals surface area contributed by atoms with Crippen molar-refractivity contribution in [2.75, 3.05) is 5.75 Å². The van der Waals surface area contributed by atoms with Gasteiger partial charge in [-0.05, 0) is 24.6 Å². The minimum atomic E-state index is -0.204. The average Bonchev–Trinajstić information content (AvgIpc) is 2.47. The topological polar surface area (TPSA) is 26.3 Å². The predicted molar refractivity (Wildman–Crippen MR) is 78.1 cm³/mol. The molecule has 0 amide bonds. The first-order chi connectivity index (χ1) is 9.25. The fourth-order valence-electron chi connectivity index (χ4n) is 1.68. The number of esters is 1. The van der Waals surface area contributed by atoms with E-state index < -0.39 is 0 Å². The summed E-state index contributed by atoms with van der Waals surface area (Å²) in [6.07, 6.45) is -0.204. The van der Waals surface area contributed by atoms with E-state index in [9.17, 15) is 4.79 Å². The molecule has 0 heterocycles. The van der Waals surface area contributed by atoms with Gasteiger partial charge in [0, 0.05) is 4.90 Å². The van der Waals surface area contributed by atoms with Crippen LogP contribution in [-0.4, -0.2) is 11.7 Å². The van der Waals surface area contributed by atoms with Crippen molar-refractivity contribution in [3.05, 3.63) is 66.2 Å². The van der Waals surface area contributed by atoms with Crippen LogP contribution in [0.2, 0.25) is 0 Å². The first-order valence-corrected chi connectivity index (χ1v) is 7.16. The minimum absolute atomic E-state index is 0.190. The van der Waals surface area contributed by atoms with E-state index in [0.717, 1.165) is 10.5 Å². The molecule has 2 nitrogen and oxygen atoms in total. The molecule has 0 saturated carbocycles. The van der Waals surface area contributed by atoms with Crippen molar-refractivity contribution in [3.8, 4) is 0 Å². The molecule has 0 aliphatic carbocycles. The average molecular weight is 272 g/mol. The lowest BCUT2D eigenvalue weighted by atomic mass is 10.1. The lowest BCUT2D eigenvalue weighted by Crippen LogP contribution is -2.10. The molecule has 0 unspecified atom stereocenters. The van der Waals surface area contributed by atoms with E-state index in [0.29, 0.717) is 5.75 Å². The van der Waals surface area contributed by atoms with Gasteiger partial charge in [-0.3, -0.25) is 4.79 Å².